The first kappa shape index (κ1) is 16.7. The summed E-state index contributed by atoms with van der Waals surface area (Å²) in [7, 11) is 1.79. The first-order chi connectivity index (χ1) is 9.67. The van der Waals surface area contributed by atoms with Gasteiger partial charge in [0.25, 0.3) is 0 Å². The number of hydrogen-bond acceptors (Lipinski definition) is 4. The number of aliphatic hydroxyl groups excluding tert-OH is 1. The molecule has 5 heteroatoms. The second kappa shape index (κ2) is 9.54. The second-order valence-corrected chi connectivity index (χ2v) is 5.30. The lowest BCUT2D eigenvalue weighted by atomic mass is 10.2. The second-order valence-electron chi connectivity index (χ2n) is 4.39. The van der Waals surface area contributed by atoms with E-state index in [0.717, 1.165) is 16.9 Å². The van der Waals surface area contributed by atoms with E-state index in [4.69, 9.17) is 9.84 Å². The molecule has 1 aromatic heterocycles. The van der Waals surface area contributed by atoms with Crippen molar-refractivity contribution in [3.63, 3.8) is 0 Å². The molecular formula is C15H21NO3S. The molecule has 1 heterocycles. The molecule has 0 aliphatic rings. The van der Waals surface area contributed by atoms with E-state index >= 15 is 0 Å². The molecule has 0 aliphatic heterocycles. The van der Waals surface area contributed by atoms with Gasteiger partial charge in [-0.05, 0) is 23.4 Å². The van der Waals surface area contributed by atoms with Gasteiger partial charge >= 0.3 is 0 Å². The number of carbonyl (C=O) groups excluding carboxylic acids is 1. The van der Waals surface area contributed by atoms with Gasteiger partial charge in [-0.2, -0.15) is 0 Å². The minimum Gasteiger partial charge on any atom is -0.384 e. The van der Waals surface area contributed by atoms with Gasteiger partial charge in [0.1, 0.15) is 6.61 Å². The molecule has 4 nitrogen and oxygen atoms in total. The molecule has 0 saturated heterocycles. The lowest BCUT2D eigenvalue weighted by Gasteiger charge is -2.16. The summed E-state index contributed by atoms with van der Waals surface area (Å²) in [6.07, 6.45) is 1.38. The van der Waals surface area contributed by atoms with E-state index in [2.05, 4.69) is 11.8 Å². The third kappa shape index (κ3) is 6.20. The zero-order valence-electron chi connectivity index (χ0n) is 12.0. The smallest absolute Gasteiger partial charge is 0.224 e. The molecule has 0 bridgehead atoms. The molecule has 110 valence electrons. The van der Waals surface area contributed by atoms with Crippen LogP contribution < -0.4 is 0 Å². The normalized spacial score (nSPS) is 9.95. The van der Waals surface area contributed by atoms with Crippen molar-refractivity contribution in [3.05, 3.63) is 21.9 Å². The van der Waals surface area contributed by atoms with Crippen molar-refractivity contribution in [2.45, 2.75) is 26.3 Å². The highest BCUT2D eigenvalue weighted by Crippen LogP contribution is 2.15. The molecule has 20 heavy (non-hydrogen) atoms. The summed E-state index contributed by atoms with van der Waals surface area (Å²) in [5.74, 6) is 5.55. The lowest BCUT2D eigenvalue weighted by Crippen LogP contribution is -2.26. The van der Waals surface area contributed by atoms with Gasteiger partial charge in [0.15, 0.2) is 0 Å². The number of thiophene rings is 1. The molecular weight excluding hydrogens is 274 g/mol. The minimum atomic E-state index is -0.136. The molecule has 0 unspecified atom stereocenters. The molecule has 0 fully saturated rings. The average Bonchev–Trinajstić information content (AvgIpc) is 2.88. The zero-order valence-corrected chi connectivity index (χ0v) is 12.8. The first-order valence-corrected chi connectivity index (χ1v) is 7.54. The summed E-state index contributed by atoms with van der Waals surface area (Å²) in [5.41, 5.74) is 1.06. The highest BCUT2D eigenvalue weighted by Gasteiger charge is 2.10. The van der Waals surface area contributed by atoms with E-state index in [1.807, 2.05) is 18.4 Å². The Labute approximate surface area is 124 Å². The fourth-order valence-corrected chi connectivity index (χ4v) is 2.38. The maximum Gasteiger partial charge on any atom is 0.224 e. The van der Waals surface area contributed by atoms with E-state index in [1.165, 1.54) is 11.3 Å². The molecule has 0 aliphatic carbocycles. The van der Waals surface area contributed by atoms with Crippen LogP contribution in [0.5, 0.6) is 0 Å². The Bertz CT molecular complexity index is 473. The quantitative estimate of drug-likeness (QED) is 0.617. The van der Waals surface area contributed by atoms with Crippen LogP contribution in [-0.2, 0) is 16.1 Å². The third-order valence-electron chi connectivity index (χ3n) is 2.60. The molecule has 1 amide bonds. The number of hydrogen-bond donors (Lipinski definition) is 1. The summed E-state index contributed by atoms with van der Waals surface area (Å²) in [5, 5.41) is 10.6. The monoisotopic (exact) mass is 295 g/mol. The Balaban J connectivity index is 2.39. The van der Waals surface area contributed by atoms with Crippen molar-refractivity contribution in [2.75, 3.05) is 26.9 Å². The number of aliphatic hydroxyl groups is 1. The number of rotatable bonds is 7. The van der Waals surface area contributed by atoms with Crippen LogP contribution in [0.15, 0.2) is 11.4 Å². The molecule has 1 N–H and O–H groups in total. The van der Waals surface area contributed by atoms with Gasteiger partial charge in [0.2, 0.25) is 5.91 Å². The van der Waals surface area contributed by atoms with E-state index in [-0.39, 0.29) is 12.5 Å². The van der Waals surface area contributed by atoms with Crippen LogP contribution in [0.1, 0.15) is 30.2 Å². The highest BCUT2D eigenvalue weighted by atomic mass is 32.1. The molecule has 0 radical (unpaired) electrons. The van der Waals surface area contributed by atoms with Crippen LogP contribution in [-0.4, -0.2) is 42.8 Å². The topological polar surface area (TPSA) is 49.8 Å². The largest absolute Gasteiger partial charge is 0.384 e. The maximum atomic E-state index is 11.9. The molecule has 0 saturated carbocycles. The van der Waals surface area contributed by atoms with Gasteiger partial charge in [0.05, 0.1) is 17.9 Å². The Morgan fingerprint density at radius 2 is 2.30 bits per heavy atom. The van der Waals surface area contributed by atoms with Gasteiger partial charge in [-0.3, -0.25) is 4.79 Å². The van der Waals surface area contributed by atoms with Crippen molar-refractivity contribution in [2.24, 2.45) is 0 Å². The molecule has 1 aromatic rings. The Kier molecular flexibility index (Phi) is 7.97. The minimum absolute atomic E-state index is 0.0790. The summed E-state index contributed by atoms with van der Waals surface area (Å²) < 4.78 is 5.31. The SMILES string of the molecule is CCCOCCC(=O)N(C)Cc1csc(C#CCO)c1. The van der Waals surface area contributed by atoms with Crippen LogP contribution in [0.3, 0.4) is 0 Å². The van der Waals surface area contributed by atoms with Crippen LogP contribution in [0.4, 0.5) is 0 Å². The van der Waals surface area contributed by atoms with Crippen LogP contribution in [0, 0.1) is 11.8 Å². The van der Waals surface area contributed by atoms with Crippen molar-refractivity contribution in [3.8, 4) is 11.8 Å². The van der Waals surface area contributed by atoms with Crippen molar-refractivity contribution < 1.29 is 14.6 Å². The first-order valence-electron chi connectivity index (χ1n) is 6.66. The van der Waals surface area contributed by atoms with E-state index < -0.39 is 0 Å². The fourth-order valence-electron chi connectivity index (χ4n) is 1.61. The average molecular weight is 295 g/mol. The van der Waals surface area contributed by atoms with Crippen LogP contribution >= 0.6 is 11.3 Å². The number of nitrogens with zero attached hydrogens (tertiary/aromatic N) is 1. The van der Waals surface area contributed by atoms with Gasteiger partial charge in [0, 0.05) is 20.2 Å². The molecule has 0 atom stereocenters. The third-order valence-corrected chi connectivity index (χ3v) is 3.49. The van der Waals surface area contributed by atoms with E-state index in [1.54, 1.807) is 11.9 Å². The standard InChI is InChI=1S/C15H21NO3S/c1-3-8-19-9-6-15(18)16(2)11-13-10-14(20-12-13)5-4-7-17/h10,12,17H,3,6-9,11H2,1-2H3. The Morgan fingerprint density at radius 3 is 3.00 bits per heavy atom. The summed E-state index contributed by atoms with van der Waals surface area (Å²) in [6, 6.07) is 1.95. The van der Waals surface area contributed by atoms with Crippen molar-refractivity contribution >= 4 is 17.2 Å². The fraction of sp³-hybridized carbons (Fsp3) is 0.533. The number of ether oxygens (including phenoxy) is 1. The van der Waals surface area contributed by atoms with E-state index in [9.17, 15) is 4.79 Å². The summed E-state index contributed by atoms with van der Waals surface area (Å²) in [4.78, 5) is 14.5. The number of amides is 1. The van der Waals surface area contributed by atoms with Gasteiger partial charge in [-0.15, -0.1) is 11.3 Å². The molecule has 0 spiro atoms. The van der Waals surface area contributed by atoms with Gasteiger partial charge in [-0.25, -0.2) is 0 Å². The predicted molar refractivity (Wildman–Crippen MR) is 80.5 cm³/mol. The summed E-state index contributed by atoms with van der Waals surface area (Å²) in [6.45, 7) is 3.66. The van der Waals surface area contributed by atoms with Crippen LogP contribution in [0.25, 0.3) is 0 Å². The van der Waals surface area contributed by atoms with Crippen LogP contribution in [0.2, 0.25) is 0 Å². The molecule has 0 aromatic carbocycles. The molecule has 1 rings (SSSR count). The highest BCUT2D eigenvalue weighted by molar-refractivity contribution is 7.10. The zero-order chi connectivity index (χ0) is 14.8. The Morgan fingerprint density at radius 1 is 1.50 bits per heavy atom. The number of carbonyl (C=O) groups is 1. The Hall–Kier alpha value is -1.35. The van der Waals surface area contributed by atoms with Gasteiger partial charge in [-0.1, -0.05) is 18.8 Å². The maximum absolute atomic E-state index is 11.9. The van der Waals surface area contributed by atoms with Crippen molar-refractivity contribution in [1.29, 1.82) is 0 Å². The van der Waals surface area contributed by atoms with Gasteiger partial charge < -0.3 is 14.7 Å². The lowest BCUT2D eigenvalue weighted by molar-refractivity contribution is -0.131. The van der Waals surface area contributed by atoms with Crippen molar-refractivity contribution in [1.82, 2.24) is 4.90 Å². The summed E-state index contributed by atoms with van der Waals surface area (Å²) >= 11 is 1.52. The van der Waals surface area contributed by atoms with E-state index in [0.29, 0.717) is 26.2 Å². The predicted octanol–water partition coefficient (Wildman–Crippen LogP) is 1.87.